The predicted octanol–water partition coefficient (Wildman–Crippen LogP) is 4.92. The summed E-state index contributed by atoms with van der Waals surface area (Å²) >= 11 is 0. The van der Waals surface area contributed by atoms with E-state index in [1.807, 2.05) is 69.3 Å². The van der Waals surface area contributed by atoms with E-state index in [9.17, 15) is 10.1 Å². The van der Waals surface area contributed by atoms with E-state index < -0.39 is 4.92 Å². The Balaban J connectivity index is 1.95. The Hall–Kier alpha value is -3.48. The van der Waals surface area contributed by atoms with Crippen LogP contribution in [0.25, 0.3) is 0 Å². The molecule has 138 valence electrons. The lowest BCUT2D eigenvalue weighted by Gasteiger charge is -2.16. The zero-order valence-corrected chi connectivity index (χ0v) is 15.4. The molecule has 0 radical (unpaired) electrons. The van der Waals surface area contributed by atoms with E-state index in [1.165, 1.54) is 6.33 Å². The van der Waals surface area contributed by atoms with Gasteiger partial charge in [0.05, 0.1) is 11.0 Å². The molecule has 1 aromatic heterocycles. The summed E-state index contributed by atoms with van der Waals surface area (Å²) in [4.78, 5) is 19.5. The van der Waals surface area contributed by atoms with E-state index >= 15 is 0 Å². The smallest absolute Gasteiger partial charge is 0.353 e. The minimum atomic E-state index is -0.465. The summed E-state index contributed by atoms with van der Waals surface area (Å²) in [6.45, 7) is 5.88. The van der Waals surface area contributed by atoms with Crippen LogP contribution in [0.5, 0.6) is 0 Å². The maximum absolute atomic E-state index is 11.7. The minimum absolute atomic E-state index is 0.145. The number of benzene rings is 2. The lowest BCUT2D eigenvalue weighted by Crippen LogP contribution is -2.12. The van der Waals surface area contributed by atoms with Gasteiger partial charge in [-0.15, -0.1) is 0 Å². The summed E-state index contributed by atoms with van der Waals surface area (Å²) in [6.07, 6.45) is 1.32. The molecule has 2 aromatic carbocycles. The number of aryl methyl sites for hydroxylation is 1. The highest BCUT2D eigenvalue weighted by Crippen LogP contribution is 2.34. The first-order chi connectivity index (χ1) is 13.0. The molecule has 3 rings (SSSR count). The van der Waals surface area contributed by atoms with Gasteiger partial charge in [-0.1, -0.05) is 42.5 Å². The Labute approximate surface area is 157 Å². The molecule has 0 fully saturated rings. The maximum Gasteiger partial charge on any atom is 0.353 e. The van der Waals surface area contributed by atoms with Crippen molar-refractivity contribution in [1.82, 2.24) is 9.97 Å². The van der Waals surface area contributed by atoms with Crippen LogP contribution in [0.4, 0.5) is 23.0 Å². The van der Waals surface area contributed by atoms with Crippen molar-refractivity contribution in [3.63, 3.8) is 0 Å². The van der Waals surface area contributed by atoms with Crippen LogP contribution in [0.2, 0.25) is 0 Å². The molecule has 1 atom stereocenters. The molecule has 0 aliphatic carbocycles. The first-order valence-electron chi connectivity index (χ1n) is 8.61. The molecule has 0 aliphatic rings. The summed E-state index contributed by atoms with van der Waals surface area (Å²) in [5, 5.41) is 18.0. The normalized spacial score (nSPS) is 11.7. The van der Waals surface area contributed by atoms with Crippen LogP contribution < -0.4 is 10.6 Å². The second-order valence-electron chi connectivity index (χ2n) is 6.33. The Kier molecular flexibility index (Phi) is 5.30. The van der Waals surface area contributed by atoms with E-state index in [-0.39, 0.29) is 23.4 Å². The fraction of sp³-hybridized carbons (Fsp3) is 0.200. The Bertz CT molecular complexity index is 960. The molecular formula is C20H21N5O2. The number of nitrogens with one attached hydrogen (secondary N) is 2. The van der Waals surface area contributed by atoms with Crippen molar-refractivity contribution in [2.75, 3.05) is 10.6 Å². The molecule has 0 saturated carbocycles. The van der Waals surface area contributed by atoms with Crippen molar-refractivity contribution in [3.8, 4) is 0 Å². The summed E-state index contributed by atoms with van der Waals surface area (Å²) in [7, 11) is 0. The molecule has 1 heterocycles. The van der Waals surface area contributed by atoms with Gasteiger partial charge >= 0.3 is 5.69 Å². The molecule has 0 aliphatic heterocycles. The van der Waals surface area contributed by atoms with Crippen molar-refractivity contribution in [2.24, 2.45) is 0 Å². The fourth-order valence-electron chi connectivity index (χ4n) is 2.79. The van der Waals surface area contributed by atoms with Crippen molar-refractivity contribution >= 4 is 23.0 Å². The number of nitro groups is 1. The molecule has 0 saturated heterocycles. The topological polar surface area (TPSA) is 93.0 Å². The fourth-order valence-corrected chi connectivity index (χ4v) is 2.79. The van der Waals surface area contributed by atoms with Gasteiger partial charge in [-0.2, -0.15) is 0 Å². The molecule has 7 heteroatoms. The molecule has 2 N–H and O–H groups in total. The van der Waals surface area contributed by atoms with Crippen LogP contribution in [-0.2, 0) is 0 Å². The van der Waals surface area contributed by atoms with E-state index in [1.54, 1.807) is 0 Å². The van der Waals surface area contributed by atoms with Gasteiger partial charge in [-0.05, 0) is 43.5 Å². The van der Waals surface area contributed by atoms with Gasteiger partial charge in [-0.25, -0.2) is 9.97 Å². The second kappa shape index (κ2) is 7.82. The third-order valence-corrected chi connectivity index (χ3v) is 4.52. The lowest BCUT2D eigenvalue weighted by atomic mass is 10.1. The highest BCUT2D eigenvalue weighted by Gasteiger charge is 2.24. The van der Waals surface area contributed by atoms with Crippen LogP contribution in [-0.4, -0.2) is 14.9 Å². The van der Waals surface area contributed by atoms with Crippen molar-refractivity contribution in [1.29, 1.82) is 0 Å². The van der Waals surface area contributed by atoms with Crippen LogP contribution in [0.1, 0.15) is 29.7 Å². The molecule has 0 amide bonds. The standard InChI is InChI=1S/C20H21N5O2/c1-13-8-7-11-17(14(13)2)24-20-18(25(26)27)19(21-12-22-20)23-15(3)16-9-5-4-6-10-16/h4-12,15H,1-3H3,(H2,21,22,23,24). The monoisotopic (exact) mass is 363 g/mol. The third-order valence-electron chi connectivity index (χ3n) is 4.52. The number of aromatic nitrogens is 2. The van der Waals surface area contributed by atoms with Crippen molar-refractivity contribution in [2.45, 2.75) is 26.8 Å². The molecule has 1 unspecified atom stereocenters. The van der Waals surface area contributed by atoms with Gasteiger partial charge < -0.3 is 10.6 Å². The zero-order valence-electron chi connectivity index (χ0n) is 15.4. The van der Waals surface area contributed by atoms with Crippen LogP contribution in [0.15, 0.2) is 54.9 Å². The van der Waals surface area contributed by atoms with Gasteiger partial charge in [0.15, 0.2) is 0 Å². The second-order valence-corrected chi connectivity index (χ2v) is 6.33. The van der Waals surface area contributed by atoms with E-state index in [4.69, 9.17) is 0 Å². The largest absolute Gasteiger partial charge is 0.358 e. The number of nitrogens with zero attached hydrogens (tertiary/aromatic N) is 3. The molecule has 3 aromatic rings. The molecular weight excluding hydrogens is 342 g/mol. The van der Waals surface area contributed by atoms with Crippen LogP contribution in [0, 0.1) is 24.0 Å². The average Bonchev–Trinajstić information content (AvgIpc) is 2.66. The minimum Gasteiger partial charge on any atom is -0.358 e. The van der Waals surface area contributed by atoms with E-state index in [2.05, 4.69) is 20.6 Å². The highest BCUT2D eigenvalue weighted by atomic mass is 16.6. The van der Waals surface area contributed by atoms with Crippen LogP contribution in [0.3, 0.4) is 0 Å². The van der Waals surface area contributed by atoms with Crippen LogP contribution >= 0.6 is 0 Å². The lowest BCUT2D eigenvalue weighted by molar-refractivity contribution is -0.383. The first kappa shape index (κ1) is 18.3. The van der Waals surface area contributed by atoms with Gasteiger partial charge in [0.25, 0.3) is 0 Å². The highest BCUT2D eigenvalue weighted by molar-refractivity contribution is 5.75. The maximum atomic E-state index is 11.7. The number of rotatable bonds is 6. The summed E-state index contributed by atoms with van der Waals surface area (Å²) in [6, 6.07) is 15.3. The summed E-state index contributed by atoms with van der Waals surface area (Å²) < 4.78 is 0. The molecule has 7 nitrogen and oxygen atoms in total. The van der Waals surface area contributed by atoms with Crippen molar-refractivity contribution in [3.05, 3.63) is 81.7 Å². The van der Waals surface area contributed by atoms with E-state index in [0.29, 0.717) is 0 Å². The predicted molar refractivity (Wildman–Crippen MR) is 106 cm³/mol. The number of hydrogen-bond donors (Lipinski definition) is 2. The first-order valence-corrected chi connectivity index (χ1v) is 8.61. The quantitative estimate of drug-likeness (QED) is 0.477. The average molecular weight is 363 g/mol. The number of hydrogen-bond acceptors (Lipinski definition) is 6. The van der Waals surface area contributed by atoms with Gasteiger partial charge in [0.2, 0.25) is 11.6 Å². The Morgan fingerprint density at radius 3 is 2.41 bits per heavy atom. The summed E-state index contributed by atoms with van der Waals surface area (Å²) in [5.74, 6) is 0.339. The zero-order chi connectivity index (χ0) is 19.4. The van der Waals surface area contributed by atoms with Gasteiger partial charge in [0.1, 0.15) is 6.33 Å². The SMILES string of the molecule is Cc1cccc(Nc2ncnc(NC(C)c3ccccc3)c2[N+](=O)[O-])c1C. The van der Waals surface area contributed by atoms with Gasteiger partial charge in [0, 0.05) is 5.69 Å². The molecule has 0 spiro atoms. The van der Waals surface area contributed by atoms with E-state index in [0.717, 1.165) is 22.4 Å². The Morgan fingerprint density at radius 2 is 1.70 bits per heavy atom. The van der Waals surface area contributed by atoms with Gasteiger partial charge in [-0.3, -0.25) is 10.1 Å². The Morgan fingerprint density at radius 1 is 1.00 bits per heavy atom. The summed E-state index contributed by atoms with van der Waals surface area (Å²) in [5.41, 5.74) is 3.71. The molecule has 27 heavy (non-hydrogen) atoms. The van der Waals surface area contributed by atoms with Crippen molar-refractivity contribution < 1.29 is 4.92 Å². The number of anilines is 3. The third kappa shape index (κ3) is 4.03. The molecule has 0 bridgehead atoms.